The molecule has 0 aliphatic rings. The summed E-state index contributed by atoms with van der Waals surface area (Å²) in [6.45, 7) is 0. The van der Waals surface area contributed by atoms with Gasteiger partial charge in [-0.25, -0.2) is 0 Å². The first kappa shape index (κ1) is 13.8. The number of carbonyl (C=O) groups is 1. The monoisotopic (exact) mass is 318 g/mol. The fraction of sp³-hybridized carbons (Fsp3) is 0.188. The van der Waals surface area contributed by atoms with Crippen molar-refractivity contribution in [3.8, 4) is 0 Å². The van der Waals surface area contributed by atoms with Crippen LogP contribution in [-0.2, 0) is 11.2 Å². The molecule has 2 rings (SSSR count). The minimum absolute atomic E-state index is 0.451. The van der Waals surface area contributed by atoms with E-state index in [4.69, 9.17) is 0 Å². The SMILES string of the molecule is O=C(O)[C@H](CCc1ccccc1)c1ccc(Br)cc1. The van der Waals surface area contributed by atoms with Crippen LogP contribution >= 0.6 is 15.9 Å². The van der Waals surface area contributed by atoms with Crippen LogP contribution in [0.15, 0.2) is 59.1 Å². The molecule has 2 aromatic carbocycles. The van der Waals surface area contributed by atoms with E-state index in [0.29, 0.717) is 6.42 Å². The average molecular weight is 319 g/mol. The van der Waals surface area contributed by atoms with E-state index in [-0.39, 0.29) is 0 Å². The molecule has 2 nitrogen and oxygen atoms in total. The molecule has 0 aliphatic carbocycles. The van der Waals surface area contributed by atoms with Crippen molar-refractivity contribution in [2.24, 2.45) is 0 Å². The molecule has 1 atom stereocenters. The van der Waals surface area contributed by atoms with E-state index in [1.165, 1.54) is 5.56 Å². The zero-order valence-electron chi connectivity index (χ0n) is 10.4. The predicted octanol–water partition coefficient (Wildman–Crippen LogP) is 4.25. The molecule has 0 heterocycles. The highest BCUT2D eigenvalue weighted by Crippen LogP contribution is 2.24. The van der Waals surface area contributed by atoms with Crippen LogP contribution < -0.4 is 0 Å². The zero-order valence-corrected chi connectivity index (χ0v) is 12.0. The molecule has 1 N–H and O–H groups in total. The molecule has 0 amide bonds. The van der Waals surface area contributed by atoms with Gasteiger partial charge in [-0.1, -0.05) is 58.4 Å². The Bertz CT molecular complexity index is 534. The third-order valence-corrected chi connectivity index (χ3v) is 3.66. The number of aliphatic carboxylic acids is 1. The normalized spacial score (nSPS) is 12.1. The first-order valence-corrected chi connectivity index (χ1v) is 6.98. The summed E-state index contributed by atoms with van der Waals surface area (Å²) < 4.78 is 0.962. The molecule has 0 aliphatic heterocycles. The lowest BCUT2D eigenvalue weighted by Crippen LogP contribution is -2.12. The van der Waals surface area contributed by atoms with E-state index in [2.05, 4.69) is 15.9 Å². The maximum atomic E-state index is 11.4. The number of rotatable bonds is 5. The molecule has 98 valence electrons. The standard InChI is InChI=1S/C16H15BrO2/c17-14-9-7-13(8-10-14)15(16(18)19)11-6-12-4-2-1-3-5-12/h1-5,7-10,15H,6,11H2,(H,18,19)/t15-/m1/s1. The lowest BCUT2D eigenvalue weighted by atomic mass is 9.92. The molecule has 0 unspecified atom stereocenters. The van der Waals surface area contributed by atoms with Crippen molar-refractivity contribution in [2.75, 3.05) is 0 Å². The van der Waals surface area contributed by atoms with Crippen LogP contribution in [-0.4, -0.2) is 11.1 Å². The Balaban J connectivity index is 2.09. The van der Waals surface area contributed by atoms with Gasteiger partial charge in [0.2, 0.25) is 0 Å². The Morgan fingerprint density at radius 3 is 2.26 bits per heavy atom. The molecule has 2 aromatic rings. The van der Waals surface area contributed by atoms with Gasteiger partial charge in [-0.3, -0.25) is 4.79 Å². The first-order valence-electron chi connectivity index (χ1n) is 6.19. The average Bonchev–Trinajstić information content (AvgIpc) is 2.42. The second-order valence-corrected chi connectivity index (χ2v) is 5.38. The molecule has 0 bridgehead atoms. The Labute approximate surface area is 121 Å². The third-order valence-electron chi connectivity index (χ3n) is 3.13. The van der Waals surface area contributed by atoms with Crippen molar-refractivity contribution >= 4 is 21.9 Å². The van der Waals surface area contributed by atoms with Crippen molar-refractivity contribution < 1.29 is 9.90 Å². The highest BCUT2D eigenvalue weighted by Gasteiger charge is 2.19. The number of carboxylic acids is 1. The predicted molar refractivity (Wildman–Crippen MR) is 79.3 cm³/mol. The van der Waals surface area contributed by atoms with Gasteiger partial charge >= 0.3 is 5.97 Å². The van der Waals surface area contributed by atoms with Gasteiger partial charge in [-0.05, 0) is 36.1 Å². The summed E-state index contributed by atoms with van der Waals surface area (Å²) in [4.78, 5) is 11.4. The van der Waals surface area contributed by atoms with Crippen LogP contribution in [0.3, 0.4) is 0 Å². The van der Waals surface area contributed by atoms with E-state index in [9.17, 15) is 9.90 Å². The quantitative estimate of drug-likeness (QED) is 0.894. The Kier molecular flexibility index (Phi) is 4.74. The second kappa shape index (κ2) is 6.53. The number of hydrogen-bond donors (Lipinski definition) is 1. The van der Waals surface area contributed by atoms with E-state index in [0.717, 1.165) is 16.5 Å². The van der Waals surface area contributed by atoms with Crippen molar-refractivity contribution in [2.45, 2.75) is 18.8 Å². The largest absolute Gasteiger partial charge is 0.481 e. The summed E-state index contributed by atoms with van der Waals surface area (Å²) in [7, 11) is 0. The van der Waals surface area contributed by atoms with Gasteiger partial charge in [-0.15, -0.1) is 0 Å². The molecule has 0 radical (unpaired) electrons. The Morgan fingerprint density at radius 2 is 1.68 bits per heavy atom. The molecule has 0 aromatic heterocycles. The van der Waals surface area contributed by atoms with Gasteiger partial charge in [0.05, 0.1) is 5.92 Å². The maximum absolute atomic E-state index is 11.4. The van der Waals surface area contributed by atoms with Crippen LogP contribution in [0.25, 0.3) is 0 Å². The smallest absolute Gasteiger partial charge is 0.310 e. The van der Waals surface area contributed by atoms with Crippen molar-refractivity contribution in [1.82, 2.24) is 0 Å². The van der Waals surface area contributed by atoms with Gasteiger partial charge in [0.1, 0.15) is 0 Å². The molecule has 0 spiro atoms. The van der Waals surface area contributed by atoms with Gasteiger partial charge in [0, 0.05) is 4.47 Å². The molecule has 3 heteroatoms. The van der Waals surface area contributed by atoms with Crippen molar-refractivity contribution in [3.05, 3.63) is 70.2 Å². The lowest BCUT2D eigenvalue weighted by Gasteiger charge is -2.13. The fourth-order valence-electron chi connectivity index (χ4n) is 2.08. The van der Waals surface area contributed by atoms with Crippen LogP contribution in [0.1, 0.15) is 23.5 Å². The van der Waals surface area contributed by atoms with E-state index in [1.54, 1.807) is 0 Å². The van der Waals surface area contributed by atoms with Crippen LogP contribution in [0.2, 0.25) is 0 Å². The zero-order chi connectivity index (χ0) is 13.7. The van der Waals surface area contributed by atoms with Gasteiger partial charge in [-0.2, -0.15) is 0 Å². The molecular formula is C16H15BrO2. The Hall–Kier alpha value is -1.61. The Morgan fingerprint density at radius 1 is 1.05 bits per heavy atom. The minimum Gasteiger partial charge on any atom is -0.481 e. The summed E-state index contributed by atoms with van der Waals surface area (Å²) >= 11 is 3.36. The molecule has 19 heavy (non-hydrogen) atoms. The number of benzene rings is 2. The topological polar surface area (TPSA) is 37.3 Å². The summed E-state index contributed by atoms with van der Waals surface area (Å²) in [5.41, 5.74) is 2.03. The highest BCUT2D eigenvalue weighted by molar-refractivity contribution is 9.10. The number of carboxylic acid groups (broad SMARTS) is 1. The summed E-state index contributed by atoms with van der Waals surface area (Å²) in [5.74, 6) is -1.22. The summed E-state index contributed by atoms with van der Waals surface area (Å²) in [6, 6.07) is 17.5. The number of halogens is 1. The molecule has 0 fully saturated rings. The van der Waals surface area contributed by atoms with Crippen molar-refractivity contribution in [3.63, 3.8) is 0 Å². The fourth-order valence-corrected chi connectivity index (χ4v) is 2.35. The maximum Gasteiger partial charge on any atom is 0.310 e. The van der Waals surface area contributed by atoms with Crippen LogP contribution in [0.4, 0.5) is 0 Å². The van der Waals surface area contributed by atoms with Crippen molar-refractivity contribution in [1.29, 1.82) is 0 Å². The van der Waals surface area contributed by atoms with Gasteiger partial charge in [0.25, 0.3) is 0 Å². The second-order valence-electron chi connectivity index (χ2n) is 4.47. The van der Waals surface area contributed by atoms with E-state index < -0.39 is 11.9 Å². The van der Waals surface area contributed by atoms with Gasteiger partial charge < -0.3 is 5.11 Å². The molecule has 0 saturated carbocycles. The van der Waals surface area contributed by atoms with E-state index >= 15 is 0 Å². The summed E-state index contributed by atoms with van der Waals surface area (Å²) in [5, 5.41) is 9.36. The first-order chi connectivity index (χ1) is 9.16. The van der Waals surface area contributed by atoms with Crippen LogP contribution in [0, 0.1) is 0 Å². The van der Waals surface area contributed by atoms with Crippen LogP contribution in [0.5, 0.6) is 0 Å². The summed E-state index contributed by atoms with van der Waals surface area (Å²) in [6.07, 6.45) is 1.38. The molecular weight excluding hydrogens is 304 g/mol. The molecule has 0 saturated heterocycles. The minimum atomic E-state index is -0.766. The van der Waals surface area contributed by atoms with Gasteiger partial charge in [0.15, 0.2) is 0 Å². The number of aryl methyl sites for hydroxylation is 1. The highest BCUT2D eigenvalue weighted by atomic mass is 79.9. The lowest BCUT2D eigenvalue weighted by molar-refractivity contribution is -0.138. The van der Waals surface area contributed by atoms with E-state index in [1.807, 2.05) is 54.6 Å². The third kappa shape index (κ3) is 3.93. The number of hydrogen-bond acceptors (Lipinski definition) is 1.